The van der Waals surface area contributed by atoms with Gasteiger partial charge in [-0.25, -0.2) is 0 Å². The molecule has 4 heteroatoms. The zero-order valence-electron chi connectivity index (χ0n) is 7.26. The van der Waals surface area contributed by atoms with Gasteiger partial charge in [0.15, 0.2) is 0 Å². The van der Waals surface area contributed by atoms with Crippen molar-refractivity contribution in [2.75, 3.05) is 0 Å². The lowest BCUT2D eigenvalue weighted by molar-refractivity contribution is -0.140. The summed E-state index contributed by atoms with van der Waals surface area (Å²) >= 11 is 7.99. The molecule has 2 nitrogen and oxygen atoms in total. The maximum atomic E-state index is 11.0. The third-order valence-corrected chi connectivity index (χ3v) is 4.17. The first-order valence-electron chi connectivity index (χ1n) is 4.25. The molecule has 1 N–H and O–H groups in total. The van der Waals surface area contributed by atoms with E-state index in [0.29, 0.717) is 5.02 Å². The first-order valence-corrected chi connectivity index (χ1v) is 5.71. The molecule has 1 aromatic carbocycles. The van der Waals surface area contributed by atoms with Crippen molar-refractivity contribution < 1.29 is 9.90 Å². The fraction of sp³-hybridized carbons (Fsp3) is 0.300. The van der Waals surface area contributed by atoms with Gasteiger partial charge in [0.25, 0.3) is 0 Å². The number of aliphatic carboxylic acids is 1. The summed E-state index contributed by atoms with van der Waals surface area (Å²) in [6.07, 6.45) is 1.47. The molecule has 1 aliphatic carbocycles. The van der Waals surface area contributed by atoms with Crippen molar-refractivity contribution in [3.8, 4) is 0 Å². The molecule has 2 rings (SSSR count). The highest BCUT2D eigenvalue weighted by Crippen LogP contribution is 2.48. The van der Waals surface area contributed by atoms with Crippen LogP contribution in [0.1, 0.15) is 18.4 Å². The van der Waals surface area contributed by atoms with Crippen LogP contribution in [0, 0.1) is 3.57 Å². The van der Waals surface area contributed by atoms with E-state index >= 15 is 0 Å². The van der Waals surface area contributed by atoms with E-state index in [-0.39, 0.29) is 0 Å². The van der Waals surface area contributed by atoms with E-state index in [1.54, 1.807) is 6.07 Å². The molecule has 14 heavy (non-hydrogen) atoms. The van der Waals surface area contributed by atoms with Crippen LogP contribution in [0.3, 0.4) is 0 Å². The van der Waals surface area contributed by atoms with E-state index in [2.05, 4.69) is 22.6 Å². The van der Waals surface area contributed by atoms with Gasteiger partial charge in [-0.05, 0) is 53.1 Å². The normalized spacial score (nSPS) is 17.9. The third-order valence-electron chi connectivity index (χ3n) is 2.63. The fourth-order valence-electron chi connectivity index (χ4n) is 1.54. The minimum atomic E-state index is -0.726. The Morgan fingerprint density at radius 1 is 1.50 bits per heavy atom. The topological polar surface area (TPSA) is 37.3 Å². The molecule has 1 aliphatic rings. The van der Waals surface area contributed by atoms with Crippen molar-refractivity contribution in [2.45, 2.75) is 18.3 Å². The van der Waals surface area contributed by atoms with Gasteiger partial charge < -0.3 is 5.11 Å². The van der Waals surface area contributed by atoms with Crippen LogP contribution in [0.5, 0.6) is 0 Å². The van der Waals surface area contributed by atoms with Gasteiger partial charge in [0.2, 0.25) is 0 Å². The van der Waals surface area contributed by atoms with Gasteiger partial charge in [-0.15, -0.1) is 0 Å². The Hall–Kier alpha value is -0.290. The number of hydrogen-bond acceptors (Lipinski definition) is 1. The van der Waals surface area contributed by atoms with Crippen LogP contribution in [0.25, 0.3) is 0 Å². The largest absolute Gasteiger partial charge is 0.481 e. The molecule has 0 bridgehead atoms. The van der Waals surface area contributed by atoms with E-state index < -0.39 is 11.4 Å². The lowest BCUT2D eigenvalue weighted by atomic mass is 9.96. The average Bonchev–Trinajstić information content (AvgIpc) is 2.90. The van der Waals surface area contributed by atoms with Crippen LogP contribution in [0.15, 0.2) is 18.2 Å². The summed E-state index contributed by atoms with van der Waals surface area (Å²) in [7, 11) is 0. The van der Waals surface area contributed by atoms with Crippen LogP contribution in [-0.4, -0.2) is 11.1 Å². The van der Waals surface area contributed by atoms with Crippen molar-refractivity contribution in [2.24, 2.45) is 0 Å². The van der Waals surface area contributed by atoms with Gasteiger partial charge in [0, 0.05) is 3.57 Å². The number of carbonyl (C=O) groups is 1. The molecular weight excluding hydrogens is 314 g/mol. The summed E-state index contributed by atoms with van der Waals surface area (Å²) in [5.41, 5.74) is 0.253. The number of halogens is 2. The highest BCUT2D eigenvalue weighted by atomic mass is 127. The quantitative estimate of drug-likeness (QED) is 0.850. The van der Waals surface area contributed by atoms with Crippen molar-refractivity contribution in [3.63, 3.8) is 0 Å². The van der Waals surface area contributed by atoms with Crippen molar-refractivity contribution >= 4 is 40.2 Å². The molecule has 1 fully saturated rings. The van der Waals surface area contributed by atoms with Crippen LogP contribution in [-0.2, 0) is 10.2 Å². The summed E-state index contributed by atoms with van der Waals surface area (Å²) in [5, 5.41) is 9.76. The van der Waals surface area contributed by atoms with Crippen molar-refractivity contribution in [1.82, 2.24) is 0 Å². The number of carboxylic acids is 1. The summed E-state index contributed by atoms with van der Waals surface area (Å²) in [6.45, 7) is 0. The second-order valence-electron chi connectivity index (χ2n) is 3.52. The molecule has 0 heterocycles. The van der Waals surface area contributed by atoms with E-state index in [1.165, 1.54) is 0 Å². The molecular formula is C10H8ClIO2. The average molecular weight is 323 g/mol. The molecule has 74 valence electrons. The zero-order chi connectivity index (χ0) is 10.3. The molecule has 1 saturated carbocycles. The van der Waals surface area contributed by atoms with Gasteiger partial charge in [-0.3, -0.25) is 4.79 Å². The first kappa shape index (κ1) is 10.2. The first-order chi connectivity index (χ1) is 6.56. The molecule has 0 saturated heterocycles. The SMILES string of the molecule is O=C(O)C1(c2ccc(Cl)c(I)c2)CC1. The molecule has 0 unspecified atom stereocenters. The highest BCUT2D eigenvalue weighted by Gasteiger charge is 2.51. The van der Waals surface area contributed by atoms with Gasteiger partial charge in [-0.2, -0.15) is 0 Å². The van der Waals surface area contributed by atoms with Crippen LogP contribution in [0.2, 0.25) is 5.02 Å². The monoisotopic (exact) mass is 322 g/mol. The van der Waals surface area contributed by atoms with Crippen LogP contribution < -0.4 is 0 Å². The smallest absolute Gasteiger partial charge is 0.314 e. The van der Waals surface area contributed by atoms with Crippen LogP contribution >= 0.6 is 34.2 Å². The van der Waals surface area contributed by atoms with Gasteiger partial charge in [0.05, 0.1) is 10.4 Å². The predicted molar refractivity (Wildman–Crippen MR) is 62.7 cm³/mol. The van der Waals surface area contributed by atoms with Crippen molar-refractivity contribution in [3.05, 3.63) is 32.4 Å². The van der Waals surface area contributed by atoms with Gasteiger partial charge >= 0.3 is 5.97 Å². The standard InChI is InChI=1S/C10H8ClIO2/c11-7-2-1-6(5-8(7)12)10(3-4-10)9(13)14/h1-2,5H,3-4H2,(H,13,14). The van der Waals surface area contributed by atoms with E-state index in [0.717, 1.165) is 22.0 Å². The Balaban J connectivity index is 2.43. The van der Waals surface area contributed by atoms with Crippen LogP contribution in [0.4, 0.5) is 0 Å². The Kier molecular flexibility index (Phi) is 2.47. The highest BCUT2D eigenvalue weighted by molar-refractivity contribution is 14.1. The Bertz CT molecular complexity index is 399. The second-order valence-corrected chi connectivity index (χ2v) is 5.09. The minimum absolute atomic E-state index is 0.621. The maximum Gasteiger partial charge on any atom is 0.314 e. The number of rotatable bonds is 2. The molecule has 0 radical (unpaired) electrons. The third kappa shape index (κ3) is 1.52. The minimum Gasteiger partial charge on any atom is -0.481 e. The van der Waals surface area contributed by atoms with E-state index in [4.69, 9.17) is 16.7 Å². The molecule has 0 spiro atoms. The maximum absolute atomic E-state index is 11.0. The number of benzene rings is 1. The fourth-order valence-corrected chi connectivity index (χ4v) is 2.18. The van der Waals surface area contributed by atoms with E-state index in [1.807, 2.05) is 12.1 Å². The van der Waals surface area contributed by atoms with Gasteiger partial charge in [0.1, 0.15) is 0 Å². The van der Waals surface area contributed by atoms with E-state index in [9.17, 15) is 4.79 Å². The Morgan fingerprint density at radius 3 is 2.57 bits per heavy atom. The summed E-state index contributed by atoms with van der Waals surface area (Å²) < 4.78 is 0.911. The molecule has 0 aliphatic heterocycles. The zero-order valence-corrected chi connectivity index (χ0v) is 10.2. The summed E-state index contributed by atoms with van der Waals surface area (Å²) in [6, 6.07) is 5.44. The Labute approximate surface area is 100 Å². The second kappa shape index (κ2) is 3.38. The number of carboxylic acid groups (broad SMARTS) is 1. The molecule has 0 atom stereocenters. The lowest BCUT2D eigenvalue weighted by Gasteiger charge is -2.10. The molecule has 0 amide bonds. The summed E-state index contributed by atoms with van der Waals surface area (Å²) in [4.78, 5) is 11.0. The number of hydrogen-bond donors (Lipinski definition) is 1. The predicted octanol–water partition coefficient (Wildman–Crippen LogP) is 3.06. The van der Waals surface area contributed by atoms with Gasteiger partial charge in [-0.1, -0.05) is 17.7 Å². The van der Waals surface area contributed by atoms with Crippen molar-refractivity contribution in [1.29, 1.82) is 0 Å². The molecule has 1 aromatic rings. The molecule has 0 aromatic heterocycles. The summed E-state index contributed by atoms with van der Waals surface area (Å²) in [5.74, 6) is -0.726. The lowest BCUT2D eigenvalue weighted by Crippen LogP contribution is -2.19. The Morgan fingerprint density at radius 2 is 2.14 bits per heavy atom.